The molecule has 2 N–H and O–H groups in total. The highest BCUT2D eigenvalue weighted by molar-refractivity contribution is 14.0. The number of aryl methyl sites for hydroxylation is 2. The highest BCUT2D eigenvalue weighted by Crippen LogP contribution is 2.18. The molecule has 150 valence electrons. The van der Waals surface area contributed by atoms with E-state index >= 15 is 0 Å². The van der Waals surface area contributed by atoms with E-state index in [1.165, 1.54) is 5.56 Å². The summed E-state index contributed by atoms with van der Waals surface area (Å²) in [5.41, 5.74) is 4.28. The minimum Gasteiger partial charge on any atom is -0.493 e. The topological polar surface area (TPSA) is 72.7 Å². The van der Waals surface area contributed by atoms with Crippen LogP contribution < -0.4 is 15.4 Å². The third-order valence-corrected chi connectivity index (χ3v) is 4.17. The summed E-state index contributed by atoms with van der Waals surface area (Å²) in [5.74, 6) is 1.52. The fourth-order valence-corrected chi connectivity index (χ4v) is 2.62. The third kappa shape index (κ3) is 7.02. The molecule has 0 bridgehead atoms. The minimum atomic E-state index is 0. The van der Waals surface area contributed by atoms with E-state index in [4.69, 9.17) is 9.47 Å². The number of guanidine groups is 1. The molecule has 1 heterocycles. The molecule has 1 aromatic carbocycles. The molecular weight excluding hydrogens is 457 g/mol. The zero-order valence-electron chi connectivity index (χ0n) is 16.7. The number of benzene rings is 1. The SMILES string of the molecule is CN=C(NCc1c(C)nn(C)c1C)Nc1cccc(OCCCOC)c1.I. The van der Waals surface area contributed by atoms with Crippen LogP contribution in [0.1, 0.15) is 23.4 Å². The number of ether oxygens (including phenoxy) is 2. The van der Waals surface area contributed by atoms with Crippen LogP contribution in [-0.4, -0.2) is 43.1 Å². The Labute approximate surface area is 178 Å². The molecule has 0 aliphatic heterocycles. The summed E-state index contributed by atoms with van der Waals surface area (Å²) >= 11 is 0. The van der Waals surface area contributed by atoms with Crippen molar-refractivity contribution < 1.29 is 9.47 Å². The van der Waals surface area contributed by atoms with Crippen LogP contribution in [0, 0.1) is 13.8 Å². The molecule has 0 aliphatic rings. The van der Waals surface area contributed by atoms with Gasteiger partial charge in [0.1, 0.15) is 5.75 Å². The lowest BCUT2D eigenvalue weighted by molar-refractivity contribution is 0.172. The first-order valence-corrected chi connectivity index (χ1v) is 8.73. The van der Waals surface area contributed by atoms with Crippen LogP contribution in [0.25, 0.3) is 0 Å². The van der Waals surface area contributed by atoms with Gasteiger partial charge in [-0.05, 0) is 26.0 Å². The number of nitrogens with zero attached hydrogens (tertiary/aromatic N) is 3. The first-order chi connectivity index (χ1) is 12.5. The van der Waals surface area contributed by atoms with Crippen molar-refractivity contribution in [2.75, 3.05) is 32.7 Å². The molecule has 0 fully saturated rings. The van der Waals surface area contributed by atoms with E-state index in [1.54, 1.807) is 14.2 Å². The summed E-state index contributed by atoms with van der Waals surface area (Å²) < 4.78 is 12.7. The molecule has 27 heavy (non-hydrogen) atoms. The van der Waals surface area contributed by atoms with Gasteiger partial charge in [-0.3, -0.25) is 9.67 Å². The maximum absolute atomic E-state index is 5.74. The summed E-state index contributed by atoms with van der Waals surface area (Å²) in [6.45, 7) is 6.08. The van der Waals surface area contributed by atoms with E-state index in [-0.39, 0.29) is 24.0 Å². The van der Waals surface area contributed by atoms with Crippen molar-refractivity contribution in [3.05, 3.63) is 41.2 Å². The Morgan fingerprint density at radius 2 is 2.04 bits per heavy atom. The van der Waals surface area contributed by atoms with Gasteiger partial charge in [0.15, 0.2) is 5.96 Å². The van der Waals surface area contributed by atoms with E-state index < -0.39 is 0 Å². The van der Waals surface area contributed by atoms with Crippen LogP contribution in [0.2, 0.25) is 0 Å². The molecular formula is C19H30IN5O2. The molecule has 0 spiro atoms. The lowest BCUT2D eigenvalue weighted by atomic mass is 10.2. The van der Waals surface area contributed by atoms with Gasteiger partial charge in [0.05, 0.1) is 12.3 Å². The van der Waals surface area contributed by atoms with Gasteiger partial charge in [-0.1, -0.05) is 6.07 Å². The second-order valence-corrected chi connectivity index (χ2v) is 6.05. The van der Waals surface area contributed by atoms with E-state index in [9.17, 15) is 0 Å². The highest BCUT2D eigenvalue weighted by Gasteiger charge is 2.10. The summed E-state index contributed by atoms with van der Waals surface area (Å²) in [6, 6.07) is 7.84. The second-order valence-electron chi connectivity index (χ2n) is 6.05. The van der Waals surface area contributed by atoms with Crippen molar-refractivity contribution in [1.82, 2.24) is 15.1 Å². The fraction of sp³-hybridized carbons (Fsp3) is 0.474. The summed E-state index contributed by atoms with van der Waals surface area (Å²) in [6.07, 6.45) is 0.862. The Kier molecular flexibility index (Phi) is 10.2. The number of aliphatic imine (C=N–C) groups is 1. The maximum atomic E-state index is 5.74. The average Bonchev–Trinajstić information content (AvgIpc) is 2.88. The molecule has 8 heteroatoms. The Bertz CT molecular complexity index is 746. The van der Waals surface area contributed by atoms with Crippen molar-refractivity contribution in [2.45, 2.75) is 26.8 Å². The van der Waals surface area contributed by atoms with Crippen molar-refractivity contribution in [1.29, 1.82) is 0 Å². The molecule has 7 nitrogen and oxygen atoms in total. The fourth-order valence-electron chi connectivity index (χ4n) is 2.62. The Hall–Kier alpha value is -1.81. The molecule has 0 amide bonds. The Morgan fingerprint density at radius 3 is 2.67 bits per heavy atom. The Morgan fingerprint density at radius 1 is 1.26 bits per heavy atom. The van der Waals surface area contributed by atoms with Crippen LogP contribution >= 0.6 is 24.0 Å². The molecule has 0 unspecified atom stereocenters. The van der Waals surface area contributed by atoms with Gasteiger partial charge < -0.3 is 20.1 Å². The maximum Gasteiger partial charge on any atom is 0.195 e. The molecule has 0 saturated heterocycles. The molecule has 0 atom stereocenters. The van der Waals surface area contributed by atoms with E-state index in [1.807, 2.05) is 42.9 Å². The number of anilines is 1. The lowest BCUT2D eigenvalue weighted by Crippen LogP contribution is -2.30. The third-order valence-electron chi connectivity index (χ3n) is 4.17. The number of halogens is 1. The quantitative estimate of drug-likeness (QED) is 0.259. The van der Waals surface area contributed by atoms with Gasteiger partial charge in [-0.2, -0.15) is 5.10 Å². The lowest BCUT2D eigenvalue weighted by Gasteiger charge is -2.13. The number of methoxy groups -OCH3 is 1. The van der Waals surface area contributed by atoms with E-state index in [0.29, 0.717) is 25.7 Å². The average molecular weight is 487 g/mol. The predicted octanol–water partition coefficient (Wildman–Crippen LogP) is 3.26. The number of hydrogen-bond donors (Lipinski definition) is 2. The van der Waals surface area contributed by atoms with Crippen LogP contribution in [0.15, 0.2) is 29.3 Å². The monoisotopic (exact) mass is 487 g/mol. The van der Waals surface area contributed by atoms with Gasteiger partial charge in [0.2, 0.25) is 0 Å². The first-order valence-electron chi connectivity index (χ1n) is 8.73. The number of rotatable bonds is 8. The smallest absolute Gasteiger partial charge is 0.195 e. The number of hydrogen-bond acceptors (Lipinski definition) is 4. The van der Waals surface area contributed by atoms with Gasteiger partial charge in [-0.25, -0.2) is 0 Å². The van der Waals surface area contributed by atoms with Gasteiger partial charge >= 0.3 is 0 Å². The van der Waals surface area contributed by atoms with Gasteiger partial charge in [-0.15, -0.1) is 24.0 Å². The van der Waals surface area contributed by atoms with E-state index in [0.717, 1.165) is 29.2 Å². The highest BCUT2D eigenvalue weighted by atomic mass is 127. The number of aromatic nitrogens is 2. The van der Waals surface area contributed by atoms with Crippen LogP contribution in [0.4, 0.5) is 5.69 Å². The predicted molar refractivity (Wildman–Crippen MR) is 120 cm³/mol. The van der Waals surface area contributed by atoms with Crippen LogP contribution in [0.3, 0.4) is 0 Å². The van der Waals surface area contributed by atoms with Crippen molar-refractivity contribution >= 4 is 35.6 Å². The molecule has 0 saturated carbocycles. The van der Waals surface area contributed by atoms with Gasteiger partial charge in [0.25, 0.3) is 0 Å². The van der Waals surface area contributed by atoms with Crippen molar-refractivity contribution in [3.63, 3.8) is 0 Å². The summed E-state index contributed by atoms with van der Waals surface area (Å²) in [5, 5.41) is 11.1. The summed E-state index contributed by atoms with van der Waals surface area (Å²) in [4.78, 5) is 4.29. The molecule has 0 radical (unpaired) electrons. The standard InChI is InChI=1S/C19H29N5O2.HI/c1-14-18(15(2)24(4)23-14)13-21-19(20-3)22-16-8-6-9-17(12-16)26-11-7-10-25-5;/h6,8-9,12H,7,10-11,13H2,1-5H3,(H2,20,21,22);1H. The molecule has 0 aliphatic carbocycles. The normalized spacial score (nSPS) is 11.1. The van der Waals surface area contributed by atoms with Crippen molar-refractivity contribution in [2.24, 2.45) is 12.0 Å². The largest absolute Gasteiger partial charge is 0.493 e. The van der Waals surface area contributed by atoms with E-state index in [2.05, 4.69) is 27.6 Å². The summed E-state index contributed by atoms with van der Waals surface area (Å²) in [7, 11) is 5.40. The molecule has 1 aromatic heterocycles. The molecule has 2 aromatic rings. The zero-order chi connectivity index (χ0) is 18.9. The zero-order valence-corrected chi connectivity index (χ0v) is 19.0. The van der Waals surface area contributed by atoms with Crippen LogP contribution in [0.5, 0.6) is 5.75 Å². The Balaban J connectivity index is 0.00000364. The minimum absolute atomic E-state index is 0. The van der Waals surface area contributed by atoms with Crippen LogP contribution in [-0.2, 0) is 18.3 Å². The molecule has 2 rings (SSSR count). The number of nitrogens with one attached hydrogen (secondary N) is 2. The van der Waals surface area contributed by atoms with Crippen molar-refractivity contribution in [3.8, 4) is 5.75 Å². The first kappa shape index (κ1) is 23.2. The second kappa shape index (κ2) is 11.8. The van der Waals surface area contributed by atoms with Gasteiger partial charge in [0, 0.05) is 63.8 Å².